The molecule has 0 spiro atoms. The standard InChI is InChI=1S/C21H24N4O/c1-16-13-24(15-18-6-2-4-9-22-18)11-8-20(16)23-21(26)17-12-19-7-3-5-10-25(19)14-17/h2-7,9-10,12,14,16,20H,8,11,13,15H2,1H3,(H,23,26)/t16-,20-/m0/s1. The molecule has 1 N–H and O–H groups in total. The molecule has 26 heavy (non-hydrogen) atoms. The summed E-state index contributed by atoms with van der Waals surface area (Å²) in [7, 11) is 0. The largest absolute Gasteiger partial charge is 0.349 e. The van der Waals surface area contributed by atoms with E-state index in [4.69, 9.17) is 0 Å². The van der Waals surface area contributed by atoms with Crippen LogP contribution in [0.2, 0.25) is 0 Å². The molecule has 1 saturated heterocycles. The lowest BCUT2D eigenvalue weighted by Crippen LogP contribution is -2.49. The number of pyridine rings is 2. The molecule has 3 aromatic heterocycles. The van der Waals surface area contributed by atoms with Crippen LogP contribution in [-0.4, -0.2) is 39.3 Å². The maximum Gasteiger partial charge on any atom is 0.253 e. The van der Waals surface area contributed by atoms with Gasteiger partial charge in [-0.05, 0) is 42.7 Å². The fourth-order valence-electron chi connectivity index (χ4n) is 3.74. The Balaban J connectivity index is 1.36. The number of amides is 1. The van der Waals surface area contributed by atoms with Crippen molar-refractivity contribution in [2.75, 3.05) is 13.1 Å². The lowest BCUT2D eigenvalue weighted by molar-refractivity contribution is 0.0859. The molecule has 0 aromatic carbocycles. The number of carbonyl (C=O) groups excluding carboxylic acids is 1. The first kappa shape index (κ1) is 16.8. The van der Waals surface area contributed by atoms with Gasteiger partial charge in [-0.3, -0.25) is 14.7 Å². The Morgan fingerprint density at radius 3 is 2.92 bits per heavy atom. The molecule has 1 fully saturated rings. The van der Waals surface area contributed by atoms with Gasteiger partial charge in [0.15, 0.2) is 0 Å². The minimum Gasteiger partial charge on any atom is -0.349 e. The van der Waals surface area contributed by atoms with Crippen LogP contribution in [0.1, 0.15) is 29.4 Å². The monoisotopic (exact) mass is 348 g/mol. The van der Waals surface area contributed by atoms with Gasteiger partial charge >= 0.3 is 0 Å². The molecule has 0 radical (unpaired) electrons. The van der Waals surface area contributed by atoms with E-state index in [2.05, 4.69) is 28.2 Å². The van der Waals surface area contributed by atoms with Crippen LogP contribution >= 0.6 is 0 Å². The highest BCUT2D eigenvalue weighted by Gasteiger charge is 2.27. The van der Waals surface area contributed by atoms with Crippen LogP contribution in [0.15, 0.2) is 61.1 Å². The van der Waals surface area contributed by atoms with Gasteiger partial charge in [-0.2, -0.15) is 0 Å². The van der Waals surface area contributed by atoms with Crippen molar-refractivity contribution in [1.29, 1.82) is 0 Å². The SMILES string of the molecule is C[C@H]1CN(Cc2ccccn2)CC[C@@H]1NC(=O)c1cc2ccccn2c1. The van der Waals surface area contributed by atoms with Crippen molar-refractivity contribution < 1.29 is 4.79 Å². The number of hydrogen-bond donors (Lipinski definition) is 1. The molecule has 3 aromatic rings. The van der Waals surface area contributed by atoms with E-state index in [9.17, 15) is 4.79 Å². The van der Waals surface area contributed by atoms with E-state index in [-0.39, 0.29) is 11.9 Å². The molecule has 4 heterocycles. The maximum atomic E-state index is 12.7. The summed E-state index contributed by atoms with van der Waals surface area (Å²) in [5, 5.41) is 3.24. The van der Waals surface area contributed by atoms with Crippen LogP contribution in [0.25, 0.3) is 5.52 Å². The highest BCUT2D eigenvalue weighted by molar-refractivity contribution is 5.95. The molecular weight excluding hydrogens is 324 g/mol. The van der Waals surface area contributed by atoms with Crippen molar-refractivity contribution in [3.8, 4) is 0 Å². The second-order valence-corrected chi connectivity index (χ2v) is 7.16. The summed E-state index contributed by atoms with van der Waals surface area (Å²) in [6, 6.07) is 14.2. The van der Waals surface area contributed by atoms with E-state index in [0.29, 0.717) is 5.92 Å². The van der Waals surface area contributed by atoms with Crippen LogP contribution in [0.3, 0.4) is 0 Å². The van der Waals surface area contributed by atoms with Gasteiger partial charge in [0, 0.05) is 49.8 Å². The predicted octanol–water partition coefficient (Wildman–Crippen LogP) is 2.97. The molecule has 0 unspecified atom stereocenters. The summed E-state index contributed by atoms with van der Waals surface area (Å²) in [6.45, 7) is 5.03. The van der Waals surface area contributed by atoms with Crippen molar-refractivity contribution in [3.63, 3.8) is 0 Å². The number of rotatable bonds is 4. The molecule has 5 nitrogen and oxygen atoms in total. The number of aromatic nitrogens is 2. The minimum atomic E-state index is 0.0173. The number of likely N-dealkylation sites (tertiary alicyclic amines) is 1. The van der Waals surface area contributed by atoms with E-state index in [1.807, 2.05) is 59.4 Å². The molecule has 2 atom stereocenters. The second-order valence-electron chi connectivity index (χ2n) is 7.16. The zero-order valence-corrected chi connectivity index (χ0v) is 15.0. The second kappa shape index (κ2) is 7.30. The van der Waals surface area contributed by atoms with Gasteiger partial charge < -0.3 is 9.72 Å². The third-order valence-electron chi connectivity index (χ3n) is 5.18. The molecule has 1 aliphatic heterocycles. The van der Waals surface area contributed by atoms with Crippen LogP contribution in [0, 0.1) is 5.92 Å². The topological polar surface area (TPSA) is 49.6 Å². The van der Waals surface area contributed by atoms with Gasteiger partial charge in [0.25, 0.3) is 5.91 Å². The number of piperidine rings is 1. The van der Waals surface area contributed by atoms with Gasteiger partial charge in [0.05, 0.1) is 11.3 Å². The quantitative estimate of drug-likeness (QED) is 0.789. The number of hydrogen-bond acceptors (Lipinski definition) is 3. The Hall–Kier alpha value is -2.66. The molecule has 5 heteroatoms. The van der Waals surface area contributed by atoms with Crippen molar-refractivity contribution in [3.05, 3.63) is 72.3 Å². The normalized spacial score (nSPS) is 21.0. The number of nitrogens with zero attached hydrogens (tertiary/aromatic N) is 3. The van der Waals surface area contributed by atoms with Crippen molar-refractivity contribution in [2.24, 2.45) is 5.92 Å². The molecule has 0 bridgehead atoms. The Labute approximate surface area is 153 Å². The molecule has 134 valence electrons. The van der Waals surface area contributed by atoms with E-state index in [0.717, 1.165) is 42.8 Å². The molecule has 1 aliphatic rings. The first-order valence-electron chi connectivity index (χ1n) is 9.19. The summed E-state index contributed by atoms with van der Waals surface area (Å²) in [6.07, 6.45) is 6.66. The molecular formula is C21H24N4O. The Morgan fingerprint density at radius 2 is 2.15 bits per heavy atom. The van der Waals surface area contributed by atoms with Gasteiger partial charge in [0.1, 0.15) is 0 Å². The molecule has 0 saturated carbocycles. The van der Waals surface area contributed by atoms with Crippen molar-refractivity contribution >= 4 is 11.4 Å². The van der Waals surface area contributed by atoms with E-state index < -0.39 is 0 Å². The van der Waals surface area contributed by atoms with Crippen LogP contribution in [-0.2, 0) is 6.54 Å². The fourth-order valence-corrected chi connectivity index (χ4v) is 3.74. The first-order valence-corrected chi connectivity index (χ1v) is 9.19. The summed E-state index contributed by atoms with van der Waals surface area (Å²) >= 11 is 0. The van der Waals surface area contributed by atoms with Crippen LogP contribution in [0.4, 0.5) is 0 Å². The Morgan fingerprint density at radius 1 is 1.27 bits per heavy atom. The first-order chi connectivity index (χ1) is 12.7. The number of carbonyl (C=O) groups is 1. The fraction of sp³-hybridized carbons (Fsp3) is 0.333. The molecule has 1 amide bonds. The summed E-state index contributed by atoms with van der Waals surface area (Å²) in [5.41, 5.74) is 2.86. The highest BCUT2D eigenvalue weighted by atomic mass is 16.1. The summed E-state index contributed by atoms with van der Waals surface area (Å²) < 4.78 is 1.98. The van der Waals surface area contributed by atoms with Crippen LogP contribution in [0.5, 0.6) is 0 Å². The third-order valence-corrected chi connectivity index (χ3v) is 5.18. The van der Waals surface area contributed by atoms with Gasteiger partial charge in [-0.25, -0.2) is 0 Å². The zero-order chi connectivity index (χ0) is 17.9. The van der Waals surface area contributed by atoms with Crippen LogP contribution < -0.4 is 5.32 Å². The molecule has 0 aliphatic carbocycles. The van der Waals surface area contributed by atoms with Gasteiger partial charge in [-0.15, -0.1) is 0 Å². The average molecular weight is 348 g/mol. The van der Waals surface area contributed by atoms with Crippen molar-refractivity contribution in [2.45, 2.75) is 25.9 Å². The van der Waals surface area contributed by atoms with Crippen molar-refractivity contribution in [1.82, 2.24) is 19.6 Å². The smallest absolute Gasteiger partial charge is 0.253 e. The Bertz CT molecular complexity index is 856. The van der Waals surface area contributed by atoms with Gasteiger partial charge in [-0.1, -0.05) is 19.1 Å². The highest BCUT2D eigenvalue weighted by Crippen LogP contribution is 2.19. The summed E-state index contributed by atoms with van der Waals surface area (Å²) in [5.74, 6) is 0.428. The molecule has 4 rings (SSSR count). The number of nitrogens with one attached hydrogen (secondary N) is 1. The average Bonchev–Trinajstić information content (AvgIpc) is 3.09. The minimum absolute atomic E-state index is 0.0173. The predicted molar refractivity (Wildman–Crippen MR) is 102 cm³/mol. The van der Waals surface area contributed by atoms with E-state index in [1.54, 1.807) is 0 Å². The summed E-state index contributed by atoms with van der Waals surface area (Å²) in [4.78, 5) is 19.5. The zero-order valence-electron chi connectivity index (χ0n) is 15.0. The third kappa shape index (κ3) is 3.63. The van der Waals surface area contributed by atoms with E-state index in [1.165, 1.54) is 0 Å². The Kier molecular flexibility index (Phi) is 4.71. The lowest BCUT2D eigenvalue weighted by atomic mass is 9.93. The lowest BCUT2D eigenvalue weighted by Gasteiger charge is -2.37. The number of fused-ring (bicyclic) bond motifs is 1. The van der Waals surface area contributed by atoms with E-state index >= 15 is 0 Å². The maximum absolute atomic E-state index is 12.7. The van der Waals surface area contributed by atoms with Gasteiger partial charge in [0.2, 0.25) is 0 Å².